The first kappa shape index (κ1) is 18.4. The minimum atomic E-state index is -0.0804. The molecule has 3 aromatic heterocycles. The van der Waals surface area contributed by atoms with Crippen LogP contribution in [-0.4, -0.2) is 38.6 Å². The molecule has 0 radical (unpaired) electrons. The first-order valence-corrected chi connectivity index (χ1v) is 10.1. The lowest BCUT2D eigenvalue weighted by Crippen LogP contribution is -2.33. The van der Waals surface area contributed by atoms with E-state index in [1.807, 2.05) is 61.2 Å². The number of nitrogens with one attached hydrogen (secondary N) is 1. The van der Waals surface area contributed by atoms with Crippen molar-refractivity contribution in [3.63, 3.8) is 0 Å². The Bertz CT molecular complexity index is 1210. The summed E-state index contributed by atoms with van der Waals surface area (Å²) in [6, 6.07) is 13.7. The molecule has 0 saturated carbocycles. The molecule has 152 valence electrons. The molecule has 0 bridgehead atoms. The van der Waals surface area contributed by atoms with Gasteiger partial charge >= 0.3 is 6.03 Å². The standard InChI is InChI=1S/C23H23N5O2/c1-15-7-8-16(2)19(13-15)26-23(29)27-11-9-17(14-27)28-21-18(5-3-10-24-21)25-22(28)20-6-4-12-30-20/h3-8,10,12-13,17H,9,11,14H2,1-2H3,(H,26,29)/t17-/m0/s1. The van der Waals surface area contributed by atoms with E-state index < -0.39 is 0 Å². The smallest absolute Gasteiger partial charge is 0.321 e. The number of aryl methyl sites for hydroxylation is 2. The van der Waals surface area contributed by atoms with Crippen LogP contribution in [0.4, 0.5) is 10.5 Å². The van der Waals surface area contributed by atoms with Gasteiger partial charge in [-0.25, -0.2) is 14.8 Å². The molecule has 0 aliphatic carbocycles. The summed E-state index contributed by atoms with van der Waals surface area (Å²) in [5, 5.41) is 3.07. The van der Waals surface area contributed by atoms with E-state index in [1.54, 1.807) is 12.5 Å². The van der Waals surface area contributed by atoms with Crippen LogP contribution in [0.3, 0.4) is 0 Å². The number of carbonyl (C=O) groups excluding carboxylic acids is 1. The maximum Gasteiger partial charge on any atom is 0.321 e. The highest BCUT2D eigenvalue weighted by molar-refractivity contribution is 5.90. The Morgan fingerprint density at radius 1 is 1.20 bits per heavy atom. The second kappa shape index (κ2) is 7.33. The van der Waals surface area contributed by atoms with Gasteiger partial charge in [-0.3, -0.25) is 0 Å². The fourth-order valence-corrected chi connectivity index (χ4v) is 4.06. The fraction of sp³-hybridized carbons (Fsp3) is 0.261. The van der Waals surface area contributed by atoms with E-state index in [0.29, 0.717) is 18.8 Å². The molecule has 0 spiro atoms. The van der Waals surface area contributed by atoms with Crippen molar-refractivity contribution in [1.29, 1.82) is 0 Å². The number of fused-ring (bicyclic) bond motifs is 1. The highest BCUT2D eigenvalue weighted by atomic mass is 16.3. The Hall–Kier alpha value is -3.61. The Kier molecular flexibility index (Phi) is 4.50. The third kappa shape index (κ3) is 3.22. The van der Waals surface area contributed by atoms with Gasteiger partial charge in [-0.1, -0.05) is 12.1 Å². The summed E-state index contributed by atoms with van der Waals surface area (Å²) in [5.74, 6) is 1.45. The normalized spacial score (nSPS) is 16.3. The molecule has 4 aromatic rings. The van der Waals surface area contributed by atoms with Crippen molar-refractivity contribution in [3.8, 4) is 11.6 Å². The number of urea groups is 1. The number of nitrogens with zero attached hydrogens (tertiary/aromatic N) is 4. The Balaban J connectivity index is 1.42. The van der Waals surface area contributed by atoms with E-state index in [2.05, 4.69) is 14.9 Å². The van der Waals surface area contributed by atoms with Gasteiger partial charge in [0.2, 0.25) is 0 Å². The third-order valence-corrected chi connectivity index (χ3v) is 5.64. The van der Waals surface area contributed by atoms with Crippen LogP contribution in [0.15, 0.2) is 59.3 Å². The van der Waals surface area contributed by atoms with Crippen LogP contribution in [0.1, 0.15) is 23.6 Å². The summed E-state index contributed by atoms with van der Waals surface area (Å²) < 4.78 is 7.73. The van der Waals surface area contributed by atoms with E-state index in [9.17, 15) is 4.79 Å². The molecule has 5 rings (SSSR count). The largest absolute Gasteiger partial charge is 0.461 e. The molecular weight excluding hydrogens is 378 g/mol. The van der Waals surface area contributed by atoms with Gasteiger partial charge in [0.15, 0.2) is 17.2 Å². The summed E-state index contributed by atoms with van der Waals surface area (Å²) in [6.07, 6.45) is 4.24. The number of amides is 2. The average Bonchev–Trinajstić information content (AvgIpc) is 3.49. The van der Waals surface area contributed by atoms with E-state index in [-0.39, 0.29) is 12.1 Å². The Morgan fingerprint density at radius 2 is 2.10 bits per heavy atom. The van der Waals surface area contributed by atoms with Gasteiger partial charge in [0, 0.05) is 25.0 Å². The summed E-state index contributed by atoms with van der Waals surface area (Å²) in [5.41, 5.74) is 4.66. The van der Waals surface area contributed by atoms with Crippen LogP contribution < -0.4 is 5.32 Å². The van der Waals surface area contributed by atoms with Gasteiger partial charge < -0.3 is 19.2 Å². The van der Waals surface area contributed by atoms with Crippen LogP contribution in [0.2, 0.25) is 0 Å². The zero-order valence-electron chi connectivity index (χ0n) is 17.0. The topological polar surface area (TPSA) is 76.2 Å². The number of furan rings is 1. The van der Waals surface area contributed by atoms with Gasteiger partial charge in [-0.05, 0) is 61.7 Å². The molecule has 7 heteroatoms. The molecular formula is C23H23N5O2. The number of hydrogen-bond donors (Lipinski definition) is 1. The molecule has 1 aliphatic rings. The van der Waals surface area contributed by atoms with Gasteiger partial charge in [-0.15, -0.1) is 0 Å². The lowest BCUT2D eigenvalue weighted by molar-refractivity contribution is 0.221. The fourth-order valence-electron chi connectivity index (χ4n) is 4.06. The lowest BCUT2D eigenvalue weighted by atomic mass is 10.1. The first-order chi connectivity index (χ1) is 14.6. The summed E-state index contributed by atoms with van der Waals surface area (Å²) in [7, 11) is 0. The van der Waals surface area contributed by atoms with E-state index in [0.717, 1.165) is 40.2 Å². The molecule has 2 amide bonds. The molecule has 0 unspecified atom stereocenters. The second-order valence-electron chi connectivity index (χ2n) is 7.77. The predicted octanol–water partition coefficient (Wildman–Crippen LogP) is 4.79. The van der Waals surface area contributed by atoms with Crippen LogP contribution in [0, 0.1) is 13.8 Å². The molecule has 4 heterocycles. The second-order valence-corrected chi connectivity index (χ2v) is 7.77. The maximum absolute atomic E-state index is 12.9. The Morgan fingerprint density at radius 3 is 2.93 bits per heavy atom. The highest BCUT2D eigenvalue weighted by Crippen LogP contribution is 2.32. The zero-order chi connectivity index (χ0) is 20.7. The van der Waals surface area contributed by atoms with Crippen molar-refractivity contribution in [3.05, 3.63) is 66.1 Å². The minimum absolute atomic E-state index is 0.0781. The number of anilines is 1. The van der Waals surface area contributed by atoms with E-state index in [4.69, 9.17) is 9.40 Å². The van der Waals surface area contributed by atoms with E-state index in [1.165, 1.54) is 0 Å². The Labute approximate surface area is 174 Å². The number of imidazole rings is 1. The zero-order valence-corrected chi connectivity index (χ0v) is 17.0. The molecule has 1 atom stereocenters. The number of pyridine rings is 1. The van der Waals surface area contributed by atoms with Crippen LogP contribution in [-0.2, 0) is 0 Å². The highest BCUT2D eigenvalue weighted by Gasteiger charge is 2.31. The number of hydrogen-bond acceptors (Lipinski definition) is 4. The predicted molar refractivity (Wildman–Crippen MR) is 115 cm³/mol. The lowest BCUT2D eigenvalue weighted by Gasteiger charge is -2.20. The minimum Gasteiger partial charge on any atom is -0.461 e. The number of likely N-dealkylation sites (tertiary alicyclic amines) is 1. The molecule has 1 fully saturated rings. The van der Waals surface area contributed by atoms with Gasteiger partial charge in [0.05, 0.1) is 12.3 Å². The monoisotopic (exact) mass is 401 g/mol. The first-order valence-electron chi connectivity index (χ1n) is 10.1. The third-order valence-electron chi connectivity index (χ3n) is 5.64. The molecule has 7 nitrogen and oxygen atoms in total. The summed E-state index contributed by atoms with van der Waals surface area (Å²) >= 11 is 0. The van der Waals surface area contributed by atoms with Crippen molar-refractivity contribution < 1.29 is 9.21 Å². The van der Waals surface area contributed by atoms with E-state index >= 15 is 0 Å². The molecule has 1 aliphatic heterocycles. The van der Waals surface area contributed by atoms with Crippen LogP contribution in [0.25, 0.3) is 22.7 Å². The number of benzene rings is 1. The van der Waals surface area contributed by atoms with Crippen molar-refractivity contribution in [2.75, 3.05) is 18.4 Å². The van der Waals surface area contributed by atoms with Crippen molar-refractivity contribution in [2.24, 2.45) is 0 Å². The van der Waals surface area contributed by atoms with Crippen molar-refractivity contribution >= 4 is 22.9 Å². The SMILES string of the molecule is Cc1ccc(C)c(NC(=O)N2CC[C@H](n3c(-c4ccco4)nc4cccnc43)C2)c1. The van der Waals surface area contributed by atoms with Gasteiger partial charge in [0.1, 0.15) is 5.52 Å². The molecule has 30 heavy (non-hydrogen) atoms. The average molecular weight is 401 g/mol. The van der Waals surface area contributed by atoms with Crippen molar-refractivity contribution in [1.82, 2.24) is 19.4 Å². The number of aromatic nitrogens is 3. The molecule has 1 N–H and O–H groups in total. The summed E-state index contributed by atoms with van der Waals surface area (Å²) in [6.45, 7) is 5.28. The number of rotatable bonds is 3. The van der Waals surface area contributed by atoms with Crippen molar-refractivity contribution in [2.45, 2.75) is 26.3 Å². The number of carbonyl (C=O) groups is 1. The van der Waals surface area contributed by atoms with Gasteiger partial charge in [-0.2, -0.15) is 0 Å². The molecule has 1 saturated heterocycles. The maximum atomic E-state index is 12.9. The summed E-state index contributed by atoms with van der Waals surface area (Å²) in [4.78, 5) is 24.1. The molecule has 1 aromatic carbocycles. The van der Waals surface area contributed by atoms with Crippen LogP contribution >= 0.6 is 0 Å². The van der Waals surface area contributed by atoms with Gasteiger partial charge in [0.25, 0.3) is 0 Å². The van der Waals surface area contributed by atoms with Crippen LogP contribution in [0.5, 0.6) is 0 Å². The quantitative estimate of drug-likeness (QED) is 0.536.